The van der Waals surface area contributed by atoms with Crippen LogP contribution < -0.4 is 10.1 Å². The van der Waals surface area contributed by atoms with Crippen LogP contribution >= 0.6 is 0 Å². The number of Topliss-reactive ketones (excluding diaryl/α,β-unsaturated/α-hetero) is 1. The van der Waals surface area contributed by atoms with Crippen LogP contribution in [0.4, 0.5) is 5.69 Å². The Balaban J connectivity index is 2.89. The van der Waals surface area contributed by atoms with E-state index in [-0.39, 0.29) is 18.8 Å². The molecule has 6 heteroatoms. The summed E-state index contributed by atoms with van der Waals surface area (Å²) >= 11 is 0. The van der Waals surface area contributed by atoms with Gasteiger partial charge < -0.3 is 14.8 Å². The number of amides is 1. The van der Waals surface area contributed by atoms with Crippen LogP contribution in [-0.4, -0.2) is 31.4 Å². The number of methoxy groups -OCH3 is 1. The van der Waals surface area contributed by atoms with E-state index in [0.717, 1.165) is 0 Å². The molecule has 0 spiro atoms. The zero-order valence-corrected chi connectivity index (χ0v) is 12.4. The van der Waals surface area contributed by atoms with Gasteiger partial charge in [0.25, 0.3) is 0 Å². The molecule has 0 unspecified atom stereocenters. The van der Waals surface area contributed by atoms with Gasteiger partial charge in [-0.1, -0.05) is 6.92 Å². The standard InChI is InChI=1S/C15H19NO5/c1-4-13(17)11-8-10(20-3)6-7-12(11)16-14(18)9-15(19)21-5-2/h6-8H,4-5,9H2,1-3H3,(H,16,18). The Morgan fingerprint density at radius 2 is 1.90 bits per heavy atom. The highest BCUT2D eigenvalue weighted by molar-refractivity contribution is 6.07. The van der Waals surface area contributed by atoms with E-state index in [9.17, 15) is 14.4 Å². The molecule has 1 aromatic carbocycles. The Labute approximate surface area is 123 Å². The van der Waals surface area contributed by atoms with Crippen molar-refractivity contribution in [3.8, 4) is 5.75 Å². The minimum atomic E-state index is -0.605. The van der Waals surface area contributed by atoms with Gasteiger partial charge in [-0.2, -0.15) is 0 Å². The summed E-state index contributed by atoms with van der Waals surface area (Å²) in [5.41, 5.74) is 0.714. The topological polar surface area (TPSA) is 81.7 Å². The summed E-state index contributed by atoms with van der Waals surface area (Å²) in [5.74, 6) is -0.730. The van der Waals surface area contributed by atoms with E-state index in [1.807, 2.05) is 0 Å². The predicted octanol–water partition coefficient (Wildman–Crippen LogP) is 2.18. The number of carbonyl (C=O) groups is 3. The average Bonchev–Trinajstić information content (AvgIpc) is 2.46. The van der Waals surface area contributed by atoms with Crippen LogP contribution in [0.5, 0.6) is 5.75 Å². The van der Waals surface area contributed by atoms with Crippen molar-refractivity contribution >= 4 is 23.3 Å². The van der Waals surface area contributed by atoms with Crippen LogP contribution in [0.15, 0.2) is 18.2 Å². The van der Waals surface area contributed by atoms with E-state index in [2.05, 4.69) is 5.32 Å². The minimum absolute atomic E-state index is 0.125. The van der Waals surface area contributed by atoms with E-state index < -0.39 is 11.9 Å². The maximum atomic E-state index is 11.9. The van der Waals surface area contributed by atoms with E-state index in [1.54, 1.807) is 32.0 Å². The lowest BCUT2D eigenvalue weighted by molar-refractivity contribution is -0.145. The molecule has 1 aromatic rings. The fourth-order valence-corrected chi connectivity index (χ4v) is 1.72. The Morgan fingerprint density at radius 3 is 2.48 bits per heavy atom. The lowest BCUT2D eigenvalue weighted by atomic mass is 10.1. The van der Waals surface area contributed by atoms with Crippen LogP contribution in [0.1, 0.15) is 37.0 Å². The molecule has 1 rings (SSSR count). The summed E-state index contributed by atoms with van der Waals surface area (Å²) < 4.78 is 9.77. The molecule has 6 nitrogen and oxygen atoms in total. The van der Waals surface area contributed by atoms with Crippen LogP contribution in [-0.2, 0) is 14.3 Å². The van der Waals surface area contributed by atoms with E-state index in [0.29, 0.717) is 23.4 Å². The third-order valence-electron chi connectivity index (χ3n) is 2.73. The summed E-state index contributed by atoms with van der Waals surface area (Å²) in [6, 6.07) is 4.77. The number of ketones is 1. The fraction of sp³-hybridized carbons (Fsp3) is 0.400. The van der Waals surface area contributed by atoms with Crippen molar-refractivity contribution in [2.45, 2.75) is 26.7 Å². The number of ether oxygens (including phenoxy) is 2. The molecule has 0 bridgehead atoms. The van der Waals surface area contributed by atoms with Crippen molar-refractivity contribution in [3.63, 3.8) is 0 Å². The van der Waals surface area contributed by atoms with E-state index in [1.165, 1.54) is 7.11 Å². The van der Waals surface area contributed by atoms with Gasteiger partial charge in [-0.05, 0) is 25.1 Å². The van der Waals surface area contributed by atoms with E-state index in [4.69, 9.17) is 9.47 Å². The third-order valence-corrected chi connectivity index (χ3v) is 2.73. The van der Waals surface area contributed by atoms with Gasteiger partial charge in [-0.15, -0.1) is 0 Å². The van der Waals surface area contributed by atoms with E-state index >= 15 is 0 Å². The molecular formula is C15H19NO5. The molecule has 0 radical (unpaired) electrons. The first-order valence-corrected chi connectivity index (χ1v) is 6.68. The van der Waals surface area contributed by atoms with Crippen molar-refractivity contribution in [2.24, 2.45) is 0 Å². The second kappa shape index (κ2) is 8.04. The number of anilines is 1. The SMILES string of the molecule is CCOC(=O)CC(=O)Nc1ccc(OC)cc1C(=O)CC. The molecule has 0 atom stereocenters. The second-order valence-electron chi connectivity index (χ2n) is 4.22. The zero-order valence-electron chi connectivity index (χ0n) is 12.4. The van der Waals surface area contributed by atoms with Gasteiger partial charge in [-0.25, -0.2) is 0 Å². The highest BCUT2D eigenvalue weighted by atomic mass is 16.5. The van der Waals surface area contributed by atoms with Crippen LogP contribution in [0.3, 0.4) is 0 Å². The van der Waals surface area contributed by atoms with Gasteiger partial charge in [0.15, 0.2) is 5.78 Å². The summed E-state index contributed by atoms with van der Waals surface area (Å²) in [6.45, 7) is 3.61. The molecule has 0 aliphatic carbocycles. The molecular weight excluding hydrogens is 274 g/mol. The number of carbonyl (C=O) groups excluding carboxylic acids is 3. The molecule has 114 valence electrons. The molecule has 0 fully saturated rings. The first-order valence-electron chi connectivity index (χ1n) is 6.68. The highest BCUT2D eigenvalue weighted by Crippen LogP contribution is 2.23. The smallest absolute Gasteiger partial charge is 0.315 e. The van der Waals surface area contributed by atoms with Gasteiger partial charge in [0.05, 0.1) is 19.4 Å². The second-order valence-corrected chi connectivity index (χ2v) is 4.22. The van der Waals surface area contributed by atoms with Crippen molar-refractivity contribution in [2.75, 3.05) is 19.0 Å². The molecule has 1 N–H and O–H groups in total. The number of hydrogen-bond donors (Lipinski definition) is 1. The Kier molecular flexibility index (Phi) is 6.39. The summed E-state index contributed by atoms with van der Waals surface area (Å²) in [6.07, 6.45) is -0.0897. The molecule has 0 heterocycles. The molecule has 0 aliphatic rings. The van der Waals surface area contributed by atoms with Gasteiger partial charge >= 0.3 is 5.97 Å². The van der Waals surface area contributed by atoms with Gasteiger partial charge in [0, 0.05) is 12.0 Å². The van der Waals surface area contributed by atoms with Crippen LogP contribution in [0.25, 0.3) is 0 Å². The molecule has 0 saturated heterocycles. The Bertz CT molecular complexity index is 539. The van der Waals surface area contributed by atoms with Crippen molar-refractivity contribution < 1.29 is 23.9 Å². The minimum Gasteiger partial charge on any atom is -0.497 e. The van der Waals surface area contributed by atoms with Crippen molar-refractivity contribution in [3.05, 3.63) is 23.8 Å². The molecule has 0 aromatic heterocycles. The summed E-state index contributed by atoms with van der Waals surface area (Å²) in [7, 11) is 1.49. The highest BCUT2D eigenvalue weighted by Gasteiger charge is 2.15. The first-order chi connectivity index (χ1) is 10.0. The summed E-state index contributed by atoms with van der Waals surface area (Å²) in [5, 5.41) is 2.55. The largest absolute Gasteiger partial charge is 0.497 e. The molecule has 0 aliphatic heterocycles. The Morgan fingerprint density at radius 1 is 1.19 bits per heavy atom. The monoisotopic (exact) mass is 293 g/mol. The zero-order chi connectivity index (χ0) is 15.8. The third kappa shape index (κ3) is 4.91. The normalized spacial score (nSPS) is 9.86. The molecule has 21 heavy (non-hydrogen) atoms. The maximum Gasteiger partial charge on any atom is 0.315 e. The van der Waals surface area contributed by atoms with Crippen molar-refractivity contribution in [1.82, 2.24) is 0 Å². The lowest BCUT2D eigenvalue weighted by Gasteiger charge is -2.11. The van der Waals surface area contributed by atoms with Crippen LogP contribution in [0.2, 0.25) is 0 Å². The van der Waals surface area contributed by atoms with Crippen molar-refractivity contribution in [1.29, 1.82) is 0 Å². The van der Waals surface area contributed by atoms with Gasteiger partial charge in [-0.3, -0.25) is 14.4 Å². The Hall–Kier alpha value is -2.37. The molecule has 0 saturated carbocycles. The van der Waals surface area contributed by atoms with Crippen LogP contribution in [0, 0.1) is 0 Å². The van der Waals surface area contributed by atoms with Gasteiger partial charge in [0.2, 0.25) is 5.91 Å². The number of benzene rings is 1. The maximum absolute atomic E-state index is 11.9. The summed E-state index contributed by atoms with van der Waals surface area (Å²) in [4.78, 5) is 34.9. The first kappa shape index (κ1) is 16.7. The average molecular weight is 293 g/mol. The van der Waals surface area contributed by atoms with Gasteiger partial charge in [0.1, 0.15) is 12.2 Å². The number of nitrogens with one attached hydrogen (secondary N) is 1. The predicted molar refractivity (Wildman–Crippen MR) is 77.5 cm³/mol. The molecule has 1 amide bonds. The number of esters is 1. The fourth-order valence-electron chi connectivity index (χ4n) is 1.72. The number of rotatable bonds is 7. The quantitative estimate of drug-likeness (QED) is 0.473. The number of hydrogen-bond acceptors (Lipinski definition) is 5. The lowest BCUT2D eigenvalue weighted by Crippen LogP contribution is -2.19.